The number of thiazole rings is 1. The number of nitrogens with one attached hydrogen (secondary N) is 2. The molecule has 1 aliphatic heterocycles. The lowest BCUT2D eigenvalue weighted by Crippen LogP contribution is -2.41. The Hall–Kier alpha value is -3.16. The van der Waals surface area contributed by atoms with Gasteiger partial charge in [0.1, 0.15) is 0 Å². The van der Waals surface area contributed by atoms with Gasteiger partial charge in [-0.3, -0.25) is 4.79 Å². The minimum Gasteiger partial charge on any atom is -0.475 e. The molecule has 1 amide bonds. The van der Waals surface area contributed by atoms with Gasteiger partial charge in [-0.25, -0.2) is 14.5 Å². The van der Waals surface area contributed by atoms with E-state index in [1.807, 2.05) is 4.68 Å². The van der Waals surface area contributed by atoms with Crippen molar-refractivity contribution in [2.75, 3.05) is 30.3 Å². The summed E-state index contributed by atoms with van der Waals surface area (Å²) in [5.41, 5.74) is 6.64. The van der Waals surface area contributed by atoms with Crippen molar-refractivity contribution in [3.05, 3.63) is 40.2 Å². The normalized spacial score (nSPS) is 18.8. The number of halogens is 4. The number of alkyl halides is 3. The highest BCUT2D eigenvalue weighted by Gasteiger charge is 2.38. The molecule has 2 aromatic heterocycles. The first-order chi connectivity index (χ1) is 22.0. The molecule has 3 aliphatic carbocycles. The number of carboxylic acids is 1. The maximum Gasteiger partial charge on any atom is 0.490 e. The van der Waals surface area contributed by atoms with E-state index in [9.17, 15) is 18.0 Å². The number of fused-ring (bicyclic) bond motifs is 3. The number of carbonyl (C=O) groups excluding carboxylic acids is 1. The van der Waals surface area contributed by atoms with Crippen molar-refractivity contribution in [2.45, 2.75) is 89.3 Å². The molecular formula is C32H38ClF3N6O3S. The van der Waals surface area contributed by atoms with Crippen LogP contribution in [0.15, 0.2) is 18.2 Å². The van der Waals surface area contributed by atoms with Crippen LogP contribution in [0.2, 0.25) is 5.02 Å². The summed E-state index contributed by atoms with van der Waals surface area (Å²) in [6, 6.07) is 7.13. The van der Waals surface area contributed by atoms with Crippen LogP contribution in [-0.2, 0) is 22.4 Å². The fourth-order valence-corrected chi connectivity index (χ4v) is 8.18. The summed E-state index contributed by atoms with van der Waals surface area (Å²) >= 11 is 8.49. The first kappa shape index (κ1) is 32.8. The van der Waals surface area contributed by atoms with Crippen LogP contribution in [0, 0.1) is 5.92 Å². The Morgan fingerprint density at radius 1 is 1.09 bits per heavy atom. The number of hydrogen-bond acceptors (Lipinski definition) is 7. The summed E-state index contributed by atoms with van der Waals surface area (Å²) in [4.78, 5) is 29.1. The van der Waals surface area contributed by atoms with Crippen LogP contribution in [-0.4, -0.2) is 68.5 Å². The summed E-state index contributed by atoms with van der Waals surface area (Å²) in [6.45, 7) is 5.00. The molecule has 0 spiro atoms. The van der Waals surface area contributed by atoms with E-state index in [1.54, 1.807) is 0 Å². The van der Waals surface area contributed by atoms with E-state index in [-0.39, 0.29) is 5.91 Å². The Balaban J connectivity index is 0.000000480. The largest absolute Gasteiger partial charge is 0.490 e. The van der Waals surface area contributed by atoms with E-state index in [0.29, 0.717) is 22.0 Å². The first-order valence-electron chi connectivity index (χ1n) is 15.9. The lowest BCUT2D eigenvalue weighted by Gasteiger charge is -2.36. The van der Waals surface area contributed by atoms with Crippen molar-refractivity contribution in [1.29, 1.82) is 0 Å². The predicted octanol–water partition coefficient (Wildman–Crippen LogP) is 7.28. The average Bonchev–Trinajstić information content (AvgIpc) is 3.37. The maximum atomic E-state index is 11.7. The Kier molecular flexibility index (Phi) is 9.63. The SMILES string of the molecule is CC(=O)Nc1nc2c(s1)-c1c(c(C3CC3)nn1-c1ccc(NCC3CCN(C4CCCC4)CC3)cc1Cl)CC2.O=C(O)C(F)(F)F. The molecule has 46 heavy (non-hydrogen) atoms. The molecule has 14 heteroatoms. The zero-order chi connectivity index (χ0) is 32.6. The second-order valence-electron chi connectivity index (χ2n) is 12.6. The quantitative estimate of drug-likeness (QED) is 0.241. The van der Waals surface area contributed by atoms with Crippen molar-refractivity contribution >= 4 is 45.6 Å². The van der Waals surface area contributed by atoms with Gasteiger partial charge in [-0.1, -0.05) is 35.8 Å². The van der Waals surface area contributed by atoms with Gasteiger partial charge in [-0.15, -0.1) is 0 Å². The second-order valence-corrected chi connectivity index (χ2v) is 14.0. The highest BCUT2D eigenvalue weighted by Crippen LogP contribution is 2.48. The zero-order valence-electron chi connectivity index (χ0n) is 25.6. The third kappa shape index (κ3) is 7.36. The Bertz CT molecular complexity index is 1590. The van der Waals surface area contributed by atoms with Gasteiger partial charge in [-0.05, 0) is 88.6 Å². The number of amides is 1. The molecule has 0 radical (unpaired) electrons. The Morgan fingerprint density at radius 2 is 1.78 bits per heavy atom. The number of likely N-dealkylation sites (tertiary alicyclic amines) is 1. The molecule has 0 bridgehead atoms. The third-order valence-corrected chi connectivity index (χ3v) is 10.6. The molecule has 3 aromatic rings. The van der Waals surface area contributed by atoms with Gasteiger partial charge in [0.2, 0.25) is 5.91 Å². The van der Waals surface area contributed by atoms with Crippen LogP contribution >= 0.6 is 22.9 Å². The molecule has 3 heterocycles. The highest BCUT2D eigenvalue weighted by atomic mass is 35.5. The maximum absolute atomic E-state index is 11.7. The van der Waals surface area contributed by atoms with E-state index in [4.69, 9.17) is 31.6 Å². The fraction of sp³-hybridized carbons (Fsp3) is 0.562. The van der Waals surface area contributed by atoms with Crippen LogP contribution < -0.4 is 10.6 Å². The van der Waals surface area contributed by atoms with Gasteiger partial charge in [0.05, 0.1) is 32.7 Å². The van der Waals surface area contributed by atoms with E-state index in [0.717, 1.165) is 53.1 Å². The number of hydrogen-bond donors (Lipinski definition) is 3. The van der Waals surface area contributed by atoms with Crippen LogP contribution in [0.3, 0.4) is 0 Å². The smallest absolute Gasteiger partial charge is 0.475 e. The Labute approximate surface area is 274 Å². The number of aliphatic carboxylic acids is 1. The van der Waals surface area contributed by atoms with E-state index < -0.39 is 12.1 Å². The number of nitrogens with zero attached hydrogens (tertiary/aromatic N) is 4. The lowest BCUT2D eigenvalue weighted by molar-refractivity contribution is -0.192. The minimum absolute atomic E-state index is 0.0982. The summed E-state index contributed by atoms with van der Waals surface area (Å²) < 4.78 is 33.8. The first-order valence-corrected chi connectivity index (χ1v) is 17.1. The van der Waals surface area contributed by atoms with Gasteiger partial charge in [0.25, 0.3) is 0 Å². The summed E-state index contributed by atoms with van der Waals surface area (Å²) in [5.74, 6) is -1.60. The van der Waals surface area contributed by atoms with Crippen LogP contribution in [0.1, 0.15) is 81.2 Å². The van der Waals surface area contributed by atoms with Crippen molar-refractivity contribution in [3.63, 3.8) is 0 Å². The third-order valence-electron chi connectivity index (χ3n) is 9.29. The van der Waals surface area contributed by atoms with E-state index >= 15 is 0 Å². The van der Waals surface area contributed by atoms with Crippen molar-refractivity contribution < 1.29 is 27.9 Å². The second kappa shape index (κ2) is 13.5. The number of piperidine rings is 1. The molecule has 4 aliphatic rings. The standard InChI is InChI=1S/C30H37ClN6OS.C2HF3O2/c1-18(38)33-30-34-25-10-9-23-27(20-6-7-20)35-37(28(23)29(25)39-30)26-11-8-21(16-24(26)31)32-17-19-12-14-36(15-13-19)22-4-2-3-5-22;3-2(4,5)1(6)7/h8,11,16,19-20,22,32H,2-7,9-10,12-15,17H2,1H3,(H,33,34,38);(H,6,7). The Morgan fingerprint density at radius 3 is 2.39 bits per heavy atom. The van der Waals surface area contributed by atoms with Crippen molar-refractivity contribution in [3.8, 4) is 16.3 Å². The minimum atomic E-state index is -5.08. The molecule has 1 saturated heterocycles. The van der Waals surface area contributed by atoms with Gasteiger partial charge in [0, 0.05) is 36.7 Å². The molecule has 0 atom stereocenters. The summed E-state index contributed by atoms with van der Waals surface area (Å²) in [5, 5.41) is 20.2. The van der Waals surface area contributed by atoms with Gasteiger partial charge in [0.15, 0.2) is 5.13 Å². The number of carboxylic acid groups (broad SMARTS) is 1. The van der Waals surface area contributed by atoms with Gasteiger partial charge < -0.3 is 20.6 Å². The van der Waals surface area contributed by atoms with Gasteiger partial charge in [-0.2, -0.15) is 18.3 Å². The lowest BCUT2D eigenvalue weighted by atomic mass is 9.95. The monoisotopic (exact) mass is 678 g/mol. The van der Waals surface area contributed by atoms with Crippen molar-refractivity contribution in [2.24, 2.45) is 5.92 Å². The van der Waals surface area contributed by atoms with Gasteiger partial charge >= 0.3 is 12.1 Å². The summed E-state index contributed by atoms with van der Waals surface area (Å²) in [6.07, 6.45) is 7.29. The number of rotatable bonds is 7. The molecule has 7 rings (SSSR count). The highest BCUT2D eigenvalue weighted by molar-refractivity contribution is 7.19. The molecule has 9 nitrogen and oxygen atoms in total. The number of aromatic nitrogens is 3. The zero-order valence-corrected chi connectivity index (χ0v) is 27.2. The number of anilines is 2. The van der Waals surface area contributed by atoms with Crippen LogP contribution in [0.25, 0.3) is 16.3 Å². The predicted molar refractivity (Wildman–Crippen MR) is 172 cm³/mol. The number of carbonyl (C=O) groups is 2. The molecular weight excluding hydrogens is 641 g/mol. The van der Waals surface area contributed by atoms with E-state index in [1.165, 1.54) is 94.0 Å². The molecule has 0 unspecified atom stereocenters. The molecule has 3 N–H and O–H groups in total. The number of benzene rings is 1. The van der Waals surface area contributed by atoms with Crippen molar-refractivity contribution in [1.82, 2.24) is 19.7 Å². The van der Waals surface area contributed by atoms with Crippen LogP contribution in [0.4, 0.5) is 24.0 Å². The molecule has 248 valence electrons. The molecule has 1 aromatic carbocycles. The molecule has 3 fully saturated rings. The van der Waals surface area contributed by atoms with E-state index in [2.05, 4.69) is 33.7 Å². The number of aryl methyl sites for hydroxylation is 1. The molecule has 2 saturated carbocycles. The average molecular weight is 679 g/mol. The fourth-order valence-electron chi connectivity index (χ4n) is 6.80. The topological polar surface area (TPSA) is 112 Å². The summed E-state index contributed by atoms with van der Waals surface area (Å²) in [7, 11) is 0. The van der Waals surface area contributed by atoms with Crippen LogP contribution in [0.5, 0.6) is 0 Å².